The number of ether oxygens (including phenoxy) is 3. The third-order valence-electron chi connectivity index (χ3n) is 3.81. The molecule has 8 nitrogen and oxygen atoms in total. The predicted molar refractivity (Wildman–Crippen MR) is 101 cm³/mol. The Morgan fingerprint density at radius 3 is 2.54 bits per heavy atom. The fraction of sp³-hybridized carbons (Fsp3) is 0.250. The Morgan fingerprint density at radius 2 is 1.89 bits per heavy atom. The summed E-state index contributed by atoms with van der Waals surface area (Å²) in [6.45, 7) is 2.26. The standard InChI is InChI=1S/C20H21N3O5/c1-14(28-16-7-5-15(25-2)6-8-16)20(24)21-11-13-27-19-10-9-17(22-23-19)18-4-3-12-26-18/h3-10,12,14H,11,13H2,1-2H3,(H,21,24). The van der Waals surface area contributed by atoms with Gasteiger partial charge >= 0.3 is 0 Å². The van der Waals surface area contributed by atoms with E-state index in [9.17, 15) is 4.79 Å². The molecule has 3 aromatic rings. The van der Waals surface area contributed by atoms with Gasteiger partial charge in [-0.1, -0.05) is 0 Å². The van der Waals surface area contributed by atoms with Crippen LogP contribution in [-0.4, -0.2) is 42.5 Å². The number of amides is 1. The second-order valence-corrected chi connectivity index (χ2v) is 5.81. The van der Waals surface area contributed by atoms with E-state index in [1.807, 2.05) is 0 Å². The molecule has 1 N–H and O–H groups in total. The summed E-state index contributed by atoms with van der Waals surface area (Å²) in [4.78, 5) is 12.1. The third kappa shape index (κ3) is 5.23. The lowest BCUT2D eigenvalue weighted by atomic mass is 10.3. The van der Waals surface area contributed by atoms with Crippen molar-refractivity contribution in [2.45, 2.75) is 13.0 Å². The molecule has 0 spiro atoms. The Balaban J connectivity index is 1.38. The van der Waals surface area contributed by atoms with Gasteiger partial charge < -0.3 is 23.9 Å². The first-order valence-electron chi connectivity index (χ1n) is 8.74. The average Bonchev–Trinajstić information content (AvgIpc) is 3.27. The molecule has 8 heteroatoms. The van der Waals surface area contributed by atoms with Crippen molar-refractivity contribution >= 4 is 5.91 Å². The summed E-state index contributed by atoms with van der Waals surface area (Å²) in [6, 6.07) is 14.1. The average molecular weight is 383 g/mol. The molecule has 0 saturated heterocycles. The third-order valence-corrected chi connectivity index (χ3v) is 3.81. The van der Waals surface area contributed by atoms with Gasteiger partial charge in [-0.3, -0.25) is 4.79 Å². The van der Waals surface area contributed by atoms with Gasteiger partial charge in [0, 0.05) is 6.07 Å². The number of furan rings is 1. The molecule has 1 aromatic carbocycles. The Morgan fingerprint density at radius 1 is 1.11 bits per heavy atom. The van der Waals surface area contributed by atoms with Crippen LogP contribution in [0.5, 0.6) is 17.4 Å². The van der Waals surface area contributed by atoms with Gasteiger partial charge in [-0.25, -0.2) is 0 Å². The maximum absolute atomic E-state index is 12.1. The van der Waals surface area contributed by atoms with Crippen LogP contribution in [-0.2, 0) is 4.79 Å². The van der Waals surface area contributed by atoms with Crippen molar-refractivity contribution in [3.8, 4) is 28.8 Å². The van der Waals surface area contributed by atoms with Crippen molar-refractivity contribution in [2.75, 3.05) is 20.3 Å². The van der Waals surface area contributed by atoms with Crippen LogP contribution >= 0.6 is 0 Å². The Hall–Kier alpha value is -3.55. The van der Waals surface area contributed by atoms with Gasteiger partial charge in [0.2, 0.25) is 5.88 Å². The Kier molecular flexibility index (Phi) is 6.46. The molecule has 0 aliphatic heterocycles. The molecule has 1 unspecified atom stereocenters. The van der Waals surface area contributed by atoms with Gasteiger partial charge in [0.15, 0.2) is 11.9 Å². The number of rotatable bonds is 9. The monoisotopic (exact) mass is 383 g/mol. The summed E-state index contributed by atoms with van der Waals surface area (Å²) < 4.78 is 21.4. The number of nitrogens with zero attached hydrogens (tertiary/aromatic N) is 2. The van der Waals surface area contributed by atoms with Crippen molar-refractivity contribution < 1.29 is 23.4 Å². The van der Waals surface area contributed by atoms with Crippen molar-refractivity contribution in [1.82, 2.24) is 15.5 Å². The highest BCUT2D eigenvalue weighted by Crippen LogP contribution is 2.19. The van der Waals surface area contributed by atoms with E-state index in [-0.39, 0.29) is 12.5 Å². The molecule has 28 heavy (non-hydrogen) atoms. The largest absolute Gasteiger partial charge is 0.497 e. The van der Waals surface area contributed by atoms with Crippen LogP contribution < -0.4 is 19.5 Å². The molecule has 0 fully saturated rings. The zero-order valence-electron chi connectivity index (χ0n) is 15.6. The van der Waals surface area contributed by atoms with Gasteiger partial charge in [-0.2, -0.15) is 0 Å². The summed E-state index contributed by atoms with van der Waals surface area (Å²) in [7, 11) is 1.59. The van der Waals surface area contributed by atoms with Crippen LogP contribution in [0.4, 0.5) is 0 Å². The molecule has 0 aliphatic rings. The number of benzene rings is 1. The normalized spacial score (nSPS) is 11.5. The van der Waals surface area contributed by atoms with Gasteiger partial charge in [-0.05, 0) is 49.4 Å². The number of aromatic nitrogens is 2. The number of carbonyl (C=O) groups is 1. The predicted octanol–water partition coefficient (Wildman–Crippen LogP) is 2.71. The first kappa shape index (κ1) is 19.2. The lowest BCUT2D eigenvalue weighted by Gasteiger charge is -2.15. The number of carbonyl (C=O) groups excluding carboxylic acids is 1. The lowest BCUT2D eigenvalue weighted by molar-refractivity contribution is -0.127. The highest BCUT2D eigenvalue weighted by Gasteiger charge is 2.14. The summed E-state index contributed by atoms with van der Waals surface area (Å²) in [5.41, 5.74) is 0.621. The fourth-order valence-corrected chi connectivity index (χ4v) is 2.34. The number of nitrogens with one attached hydrogen (secondary N) is 1. The van der Waals surface area contributed by atoms with E-state index < -0.39 is 6.10 Å². The molecule has 2 heterocycles. The second-order valence-electron chi connectivity index (χ2n) is 5.81. The van der Waals surface area contributed by atoms with E-state index in [0.29, 0.717) is 29.6 Å². The van der Waals surface area contributed by atoms with Crippen molar-refractivity contribution in [3.05, 3.63) is 54.8 Å². The summed E-state index contributed by atoms with van der Waals surface area (Å²) in [5.74, 6) is 2.08. The van der Waals surface area contributed by atoms with Crippen LogP contribution in [0.2, 0.25) is 0 Å². The number of methoxy groups -OCH3 is 1. The van der Waals surface area contributed by atoms with Crippen LogP contribution in [0.15, 0.2) is 59.2 Å². The van der Waals surface area contributed by atoms with Crippen molar-refractivity contribution in [3.63, 3.8) is 0 Å². The second kappa shape index (κ2) is 9.40. The SMILES string of the molecule is COc1ccc(OC(C)C(=O)NCCOc2ccc(-c3ccco3)nn2)cc1. The fourth-order valence-electron chi connectivity index (χ4n) is 2.34. The quantitative estimate of drug-likeness (QED) is 0.568. The van der Waals surface area contributed by atoms with E-state index in [1.54, 1.807) is 68.8 Å². The van der Waals surface area contributed by atoms with Gasteiger partial charge in [0.1, 0.15) is 23.8 Å². The first-order chi connectivity index (χ1) is 13.7. The Labute approximate surface area is 162 Å². The van der Waals surface area contributed by atoms with Crippen LogP contribution in [0, 0.1) is 0 Å². The molecular weight excluding hydrogens is 362 g/mol. The van der Waals surface area contributed by atoms with Gasteiger partial charge in [0.25, 0.3) is 5.91 Å². The maximum Gasteiger partial charge on any atom is 0.260 e. The molecule has 0 bridgehead atoms. The molecule has 146 valence electrons. The van der Waals surface area contributed by atoms with E-state index >= 15 is 0 Å². The smallest absolute Gasteiger partial charge is 0.260 e. The molecular formula is C20H21N3O5. The molecule has 0 radical (unpaired) electrons. The van der Waals surface area contributed by atoms with Crippen LogP contribution in [0.1, 0.15) is 6.92 Å². The van der Waals surface area contributed by atoms with Crippen LogP contribution in [0.3, 0.4) is 0 Å². The van der Waals surface area contributed by atoms with E-state index in [1.165, 1.54) is 0 Å². The van der Waals surface area contributed by atoms with Gasteiger partial charge in [-0.15, -0.1) is 10.2 Å². The summed E-state index contributed by atoms with van der Waals surface area (Å²) in [5, 5.41) is 10.8. The van der Waals surface area contributed by atoms with E-state index in [4.69, 9.17) is 18.6 Å². The van der Waals surface area contributed by atoms with Crippen molar-refractivity contribution in [2.24, 2.45) is 0 Å². The van der Waals surface area contributed by atoms with E-state index in [0.717, 1.165) is 5.75 Å². The van der Waals surface area contributed by atoms with Crippen LogP contribution in [0.25, 0.3) is 11.5 Å². The summed E-state index contributed by atoms with van der Waals surface area (Å²) in [6.07, 6.45) is 0.935. The number of hydrogen-bond donors (Lipinski definition) is 1. The zero-order valence-corrected chi connectivity index (χ0v) is 15.6. The van der Waals surface area contributed by atoms with Crippen molar-refractivity contribution in [1.29, 1.82) is 0 Å². The zero-order chi connectivity index (χ0) is 19.8. The van der Waals surface area contributed by atoms with Gasteiger partial charge in [0.05, 0.1) is 19.9 Å². The highest BCUT2D eigenvalue weighted by molar-refractivity contribution is 5.80. The minimum atomic E-state index is -0.638. The van der Waals surface area contributed by atoms with E-state index in [2.05, 4.69) is 15.5 Å². The highest BCUT2D eigenvalue weighted by atomic mass is 16.5. The molecule has 1 amide bonds. The minimum absolute atomic E-state index is 0.237. The first-order valence-corrected chi connectivity index (χ1v) is 8.74. The number of hydrogen-bond acceptors (Lipinski definition) is 7. The maximum atomic E-state index is 12.1. The Bertz CT molecular complexity index is 864. The lowest BCUT2D eigenvalue weighted by Crippen LogP contribution is -2.38. The minimum Gasteiger partial charge on any atom is -0.497 e. The molecule has 1 atom stereocenters. The summed E-state index contributed by atoms with van der Waals surface area (Å²) >= 11 is 0. The molecule has 3 rings (SSSR count). The molecule has 2 aromatic heterocycles. The topological polar surface area (TPSA) is 95.7 Å². The molecule has 0 saturated carbocycles. The molecule has 0 aliphatic carbocycles.